The predicted octanol–water partition coefficient (Wildman–Crippen LogP) is 4.51. The van der Waals surface area contributed by atoms with Crippen molar-refractivity contribution >= 4 is 17.7 Å². The number of nitrogens with zero attached hydrogens (tertiary/aromatic N) is 3. The first kappa shape index (κ1) is 20.7. The number of hydrogen-bond acceptors (Lipinski definition) is 6. The fourth-order valence-electron chi connectivity index (χ4n) is 2.71. The molecule has 1 amide bonds. The third-order valence-corrected chi connectivity index (χ3v) is 5.17. The number of benzene rings is 2. The van der Waals surface area contributed by atoms with Gasteiger partial charge in [-0.3, -0.25) is 4.79 Å². The van der Waals surface area contributed by atoms with Crippen LogP contribution in [0.4, 0.5) is 0 Å². The quantitative estimate of drug-likeness (QED) is 0.383. The number of carbonyl (C=O) groups excluding carboxylic acids is 1. The third kappa shape index (κ3) is 5.71. The van der Waals surface area contributed by atoms with Gasteiger partial charge in [-0.1, -0.05) is 42.1 Å². The second-order valence-electron chi connectivity index (χ2n) is 6.42. The predicted molar refractivity (Wildman–Crippen MR) is 113 cm³/mol. The molecular weight excluding hydrogens is 386 g/mol. The number of hydrogen-bond donors (Lipinski definition) is 0. The van der Waals surface area contributed by atoms with Crippen LogP contribution in [-0.2, 0) is 12.3 Å². The number of aromatic nitrogens is 2. The highest BCUT2D eigenvalue weighted by Gasteiger charge is 2.17. The first-order valence-electron chi connectivity index (χ1n) is 9.16. The summed E-state index contributed by atoms with van der Waals surface area (Å²) in [6.45, 7) is 6.36. The van der Waals surface area contributed by atoms with Gasteiger partial charge >= 0.3 is 0 Å². The van der Waals surface area contributed by atoms with Crippen LogP contribution in [0, 0.1) is 6.92 Å². The lowest BCUT2D eigenvalue weighted by Gasteiger charge is -2.19. The largest absolute Gasteiger partial charge is 0.490 e. The molecule has 1 aromatic heterocycles. The third-order valence-electron chi connectivity index (χ3n) is 4.10. The fourth-order valence-corrected chi connectivity index (χ4v) is 3.60. The van der Waals surface area contributed by atoms with Gasteiger partial charge in [-0.25, -0.2) is 0 Å². The van der Waals surface area contributed by atoms with Crippen molar-refractivity contribution in [3.8, 4) is 5.75 Å². The molecule has 7 heteroatoms. The van der Waals surface area contributed by atoms with Crippen molar-refractivity contribution in [3.05, 3.63) is 84.0 Å². The van der Waals surface area contributed by atoms with Gasteiger partial charge in [0.05, 0.1) is 11.3 Å². The number of thioether (sulfide) groups is 1. The molecule has 0 saturated carbocycles. The molecule has 3 aromatic rings. The molecule has 0 saturated heterocycles. The van der Waals surface area contributed by atoms with Gasteiger partial charge in [-0.15, -0.1) is 11.8 Å². The van der Waals surface area contributed by atoms with Crippen LogP contribution in [0.25, 0.3) is 0 Å². The minimum absolute atomic E-state index is 0.0376. The standard InChI is InChI=1S/C22H23N3O3S/c1-4-13-27-18-11-9-17(10-12-18)14-25(3)22(26)19-7-5-6-8-20(19)29-15-21-23-16(2)28-24-21/h4-12H,1,13-15H2,2-3H3. The zero-order chi connectivity index (χ0) is 20.6. The maximum Gasteiger partial charge on any atom is 0.255 e. The molecular formula is C22H23N3O3S. The Morgan fingerprint density at radius 3 is 2.69 bits per heavy atom. The van der Waals surface area contributed by atoms with Gasteiger partial charge in [-0.05, 0) is 29.8 Å². The van der Waals surface area contributed by atoms with Crippen molar-refractivity contribution in [2.24, 2.45) is 0 Å². The fraction of sp³-hybridized carbons (Fsp3) is 0.227. The van der Waals surface area contributed by atoms with Gasteiger partial charge in [0.25, 0.3) is 5.91 Å². The topological polar surface area (TPSA) is 68.5 Å². The first-order chi connectivity index (χ1) is 14.1. The Kier molecular flexibility index (Phi) is 7.08. The van der Waals surface area contributed by atoms with Crippen molar-refractivity contribution in [2.75, 3.05) is 13.7 Å². The van der Waals surface area contributed by atoms with E-state index in [1.807, 2.05) is 48.5 Å². The average Bonchev–Trinajstić information content (AvgIpc) is 3.16. The van der Waals surface area contributed by atoms with E-state index in [1.165, 1.54) is 11.8 Å². The van der Waals surface area contributed by atoms with Crippen molar-refractivity contribution in [3.63, 3.8) is 0 Å². The normalized spacial score (nSPS) is 10.6. The molecule has 0 fully saturated rings. The molecule has 3 rings (SSSR count). The zero-order valence-corrected chi connectivity index (χ0v) is 17.3. The van der Waals surface area contributed by atoms with Gasteiger partial charge in [-0.2, -0.15) is 4.98 Å². The van der Waals surface area contributed by atoms with Crippen LogP contribution in [0.1, 0.15) is 27.6 Å². The van der Waals surface area contributed by atoms with Gasteiger partial charge in [0.15, 0.2) is 5.82 Å². The number of ether oxygens (including phenoxy) is 1. The average molecular weight is 410 g/mol. The summed E-state index contributed by atoms with van der Waals surface area (Å²) in [5.74, 6) is 2.43. The molecule has 0 aliphatic carbocycles. The minimum atomic E-state index is -0.0376. The smallest absolute Gasteiger partial charge is 0.255 e. The van der Waals surface area contributed by atoms with E-state index in [9.17, 15) is 4.79 Å². The lowest BCUT2D eigenvalue weighted by Crippen LogP contribution is -2.26. The Labute approximate surface area is 174 Å². The van der Waals surface area contributed by atoms with Gasteiger partial charge < -0.3 is 14.2 Å². The molecule has 2 aromatic carbocycles. The SMILES string of the molecule is C=CCOc1ccc(CN(C)C(=O)c2ccccc2SCc2noc(C)n2)cc1. The number of rotatable bonds is 9. The van der Waals surface area contributed by atoms with E-state index in [-0.39, 0.29) is 5.91 Å². The lowest BCUT2D eigenvalue weighted by molar-refractivity contribution is 0.0781. The highest BCUT2D eigenvalue weighted by molar-refractivity contribution is 7.98. The summed E-state index contributed by atoms with van der Waals surface area (Å²) in [7, 11) is 1.80. The van der Waals surface area contributed by atoms with E-state index in [4.69, 9.17) is 9.26 Å². The molecule has 6 nitrogen and oxygen atoms in total. The van der Waals surface area contributed by atoms with Crippen LogP contribution in [0.15, 0.2) is 70.6 Å². The van der Waals surface area contributed by atoms with Gasteiger partial charge in [0.1, 0.15) is 12.4 Å². The molecule has 0 radical (unpaired) electrons. The second-order valence-corrected chi connectivity index (χ2v) is 7.44. The molecule has 150 valence electrons. The van der Waals surface area contributed by atoms with Crippen LogP contribution >= 0.6 is 11.8 Å². The second kappa shape index (κ2) is 9.93. The Balaban J connectivity index is 1.65. The summed E-state index contributed by atoms with van der Waals surface area (Å²) in [5, 5.41) is 3.90. The molecule has 0 aliphatic rings. The van der Waals surface area contributed by atoms with E-state index in [0.717, 1.165) is 16.2 Å². The van der Waals surface area contributed by atoms with Crippen LogP contribution in [-0.4, -0.2) is 34.6 Å². The highest BCUT2D eigenvalue weighted by atomic mass is 32.2. The van der Waals surface area contributed by atoms with Gasteiger partial charge in [0, 0.05) is 25.4 Å². The molecule has 0 aliphatic heterocycles. The van der Waals surface area contributed by atoms with Crippen LogP contribution in [0.3, 0.4) is 0 Å². The maximum absolute atomic E-state index is 13.0. The van der Waals surface area contributed by atoms with E-state index in [0.29, 0.717) is 36.2 Å². The summed E-state index contributed by atoms with van der Waals surface area (Å²) in [4.78, 5) is 19.8. The van der Waals surface area contributed by atoms with Crippen molar-refractivity contribution < 1.29 is 14.1 Å². The van der Waals surface area contributed by atoms with E-state index >= 15 is 0 Å². The monoisotopic (exact) mass is 409 g/mol. The Bertz CT molecular complexity index is 969. The van der Waals surface area contributed by atoms with Crippen molar-refractivity contribution in [1.82, 2.24) is 15.0 Å². The van der Waals surface area contributed by atoms with Gasteiger partial charge in [0.2, 0.25) is 5.89 Å². The van der Waals surface area contributed by atoms with E-state index in [2.05, 4.69) is 16.7 Å². The summed E-state index contributed by atoms with van der Waals surface area (Å²) in [6.07, 6.45) is 1.70. The molecule has 0 N–H and O–H groups in total. The highest BCUT2D eigenvalue weighted by Crippen LogP contribution is 2.26. The molecule has 0 bridgehead atoms. The number of amides is 1. The van der Waals surface area contributed by atoms with Crippen molar-refractivity contribution in [1.29, 1.82) is 0 Å². The molecule has 0 atom stereocenters. The summed E-state index contributed by atoms with van der Waals surface area (Å²) < 4.78 is 10.5. The lowest BCUT2D eigenvalue weighted by atomic mass is 10.1. The van der Waals surface area contributed by atoms with E-state index < -0.39 is 0 Å². The minimum Gasteiger partial charge on any atom is -0.490 e. The number of aryl methyl sites for hydroxylation is 1. The van der Waals surface area contributed by atoms with Crippen molar-refractivity contribution in [2.45, 2.75) is 24.1 Å². The molecule has 0 unspecified atom stereocenters. The molecule has 1 heterocycles. The molecule has 29 heavy (non-hydrogen) atoms. The maximum atomic E-state index is 13.0. The van der Waals surface area contributed by atoms with Crippen LogP contribution in [0.2, 0.25) is 0 Å². The number of carbonyl (C=O) groups is 1. The summed E-state index contributed by atoms with van der Waals surface area (Å²) in [5.41, 5.74) is 1.69. The Morgan fingerprint density at radius 2 is 2.00 bits per heavy atom. The summed E-state index contributed by atoms with van der Waals surface area (Å²) in [6, 6.07) is 15.3. The Morgan fingerprint density at radius 1 is 1.24 bits per heavy atom. The Hall–Kier alpha value is -3.06. The van der Waals surface area contributed by atoms with Crippen LogP contribution < -0.4 is 4.74 Å². The summed E-state index contributed by atoms with van der Waals surface area (Å²) >= 11 is 1.52. The first-order valence-corrected chi connectivity index (χ1v) is 10.1. The zero-order valence-electron chi connectivity index (χ0n) is 16.5. The molecule has 0 spiro atoms. The van der Waals surface area contributed by atoms with E-state index in [1.54, 1.807) is 24.9 Å². The van der Waals surface area contributed by atoms with Crippen LogP contribution in [0.5, 0.6) is 5.75 Å².